The molecule has 2 heterocycles. The predicted octanol–water partition coefficient (Wildman–Crippen LogP) is 3.18. The van der Waals surface area contributed by atoms with E-state index in [-0.39, 0.29) is 47.3 Å². The average molecular weight is 486 g/mol. The average Bonchev–Trinajstić information content (AvgIpc) is 3.19. The summed E-state index contributed by atoms with van der Waals surface area (Å²) >= 11 is 0. The highest BCUT2D eigenvalue weighted by Gasteiger charge is 2.20. The molecule has 1 amide bonds. The number of halogens is 1. The van der Waals surface area contributed by atoms with Crippen LogP contribution in [-0.2, 0) is 13.1 Å². The minimum absolute atomic E-state index is 0.0849. The molecule has 1 N–H and O–H groups in total. The van der Waals surface area contributed by atoms with Crippen LogP contribution in [0.25, 0.3) is 16.7 Å². The van der Waals surface area contributed by atoms with Crippen molar-refractivity contribution in [1.29, 1.82) is 0 Å². The second kappa shape index (κ2) is 9.26. The molecular formula is C27H24FN5O3. The summed E-state index contributed by atoms with van der Waals surface area (Å²) in [5.41, 5.74) is 0.833. The first kappa shape index (κ1) is 23.2. The lowest BCUT2D eigenvalue weighted by Crippen LogP contribution is -2.30. The molecule has 0 fully saturated rings. The van der Waals surface area contributed by atoms with E-state index in [1.807, 2.05) is 44.2 Å². The number of carbonyl (C=O) groups excluding carboxylic acids is 1. The Balaban J connectivity index is 1.77. The van der Waals surface area contributed by atoms with Gasteiger partial charge in [0.2, 0.25) is 5.78 Å². The van der Waals surface area contributed by atoms with Gasteiger partial charge in [0.25, 0.3) is 11.5 Å². The van der Waals surface area contributed by atoms with Crippen LogP contribution in [0.15, 0.2) is 82.4 Å². The van der Waals surface area contributed by atoms with Crippen molar-refractivity contribution in [2.45, 2.75) is 33.0 Å². The summed E-state index contributed by atoms with van der Waals surface area (Å²) in [7, 11) is 0. The third-order valence-corrected chi connectivity index (χ3v) is 5.92. The highest BCUT2D eigenvalue weighted by Crippen LogP contribution is 2.16. The molecule has 5 aromatic rings. The Bertz CT molecular complexity index is 1720. The number of benzene rings is 3. The van der Waals surface area contributed by atoms with Gasteiger partial charge in [0.15, 0.2) is 0 Å². The van der Waals surface area contributed by atoms with E-state index in [1.54, 1.807) is 30.3 Å². The van der Waals surface area contributed by atoms with Crippen LogP contribution in [0.5, 0.6) is 0 Å². The van der Waals surface area contributed by atoms with Gasteiger partial charge < -0.3 is 5.32 Å². The normalized spacial score (nSPS) is 11.4. The van der Waals surface area contributed by atoms with Gasteiger partial charge in [0.1, 0.15) is 5.82 Å². The summed E-state index contributed by atoms with van der Waals surface area (Å²) in [6.07, 6.45) is 0. The standard InChI is InChI=1S/C27H24FN5O3/c1-17(2)29-24(34)19-12-13-21-23(14-19)33-26(31(25(21)35)15-18-8-4-3-5-9-18)30-32(27(33)36)16-20-10-6-7-11-22(20)28/h3-14,17H,15-16H2,1-2H3,(H,29,34). The molecule has 0 unspecified atom stereocenters. The molecule has 0 saturated heterocycles. The molecule has 0 radical (unpaired) electrons. The molecule has 0 bridgehead atoms. The highest BCUT2D eigenvalue weighted by atomic mass is 19.1. The van der Waals surface area contributed by atoms with Crippen LogP contribution >= 0.6 is 0 Å². The fraction of sp³-hybridized carbons (Fsp3) is 0.185. The van der Waals surface area contributed by atoms with Crippen molar-refractivity contribution in [3.8, 4) is 0 Å². The van der Waals surface area contributed by atoms with E-state index in [1.165, 1.54) is 21.1 Å². The first-order chi connectivity index (χ1) is 17.3. The van der Waals surface area contributed by atoms with Crippen molar-refractivity contribution in [3.63, 3.8) is 0 Å². The fourth-order valence-electron chi connectivity index (χ4n) is 4.20. The molecular weight excluding hydrogens is 461 g/mol. The molecule has 9 heteroatoms. The van der Waals surface area contributed by atoms with Crippen LogP contribution in [0, 0.1) is 5.82 Å². The molecule has 0 aliphatic carbocycles. The predicted molar refractivity (Wildman–Crippen MR) is 135 cm³/mol. The summed E-state index contributed by atoms with van der Waals surface area (Å²) in [6, 6.07) is 20.0. The van der Waals surface area contributed by atoms with Gasteiger partial charge in [-0.3, -0.25) is 14.2 Å². The smallest absolute Gasteiger partial charge is 0.350 e. The minimum Gasteiger partial charge on any atom is -0.350 e. The van der Waals surface area contributed by atoms with Gasteiger partial charge in [0.05, 0.1) is 24.0 Å². The van der Waals surface area contributed by atoms with E-state index in [0.29, 0.717) is 11.1 Å². The van der Waals surface area contributed by atoms with E-state index < -0.39 is 11.5 Å². The maximum Gasteiger partial charge on any atom is 0.352 e. The molecule has 5 rings (SSSR count). The van der Waals surface area contributed by atoms with Crippen LogP contribution in [0.4, 0.5) is 4.39 Å². The largest absolute Gasteiger partial charge is 0.352 e. The number of amides is 1. The van der Waals surface area contributed by atoms with Gasteiger partial charge in [-0.15, -0.1) is 5.10 Å². The van der Waals surface area contributed by atoms with Gasteiger partial charge in [-0.25, -0.2) is 18.3 Å². The third kappa shape index (κ3) is 4.19. The van der Waals surface area contributed by atoms with Gasteiger partial charge in [0, 0.05) is 17.2 Å². The molecule has 2 aromatic heterocycles. The second-order valence-corrected chi connectivity index (χ2v) is 8.90. The lowest BCUT2D eigenvalue weighted by atomic mass is 10.1. The zero-order chi connectivity index (χ0) is 25.4. The lowest BCUT2D eigenvalue weighted by molar-refractivity contribution is 0.0943. The van der Waals surface area contributed by atoms with Crippen molar-refractivity contribution in [2.24, 2.45) is 0 Å². The fourth-order valence-corrected chi connectivity index (χ4v) is 4.20. The summed E-state index contributed by atoms with van der Waals surface area (Å²) < 4.78 is 18.2. The summed E-state index contributed by atoms with van der Waals surface area (Å²) in [6.45, 7) is 3.76. The van der Waals surface area contributed by atoms with E-state index in [9.17, 15) is 18.8 Å². The van der Waals surface area contributed by atoms with Crippen LogP contribution in [0.1, 0.15) is 35.3 Å². The Morgan fingerprint density at radius 3 is 2.42 bits per heavy atom. The first-order valence-electron chi connectivity index (χ1n) is 11.6. The zero-order valence-corrected chi connectivity index (χ0v) is 19.8. The van der Waals surface area contributed by atoms with Crippen molar-refractivity contribution in [3.05, 3.63) is 116 Å². The number of fused-ring (bicyclic) bond motifs is 3. The quantitative estimate of drug-likeness (QED) is 0.400. The van der Waals surface area contributed by atoms with Crippen molar-refractivity contribution in [1.82, 2.24) is 24.1 Å². The zero-order valence-electron chi connectivity index (χ0n) is 19.8. The first-order valence-corrected chi connectivity index (χ1v) is 11.6. The van der Waals surface area contributed by atoms with Gasteiger partial charge in [-0.05, 0) is 43.7 Å². The summed E-state index contributed by atoms with van der Waals surface area (Å²) in [5, 5.41) is 7.53. The Morgan fingerprint density at radius 2 is 1.69 bits per heavy atom. The van der Waals surface area contributed by atoms with Gasteiger partial charge >= 0.3 is 5.69 Å². The number of nitrogens with zero attached hydrogens (tertiary/aromatic N) is 4. The van der Waals surface area contributed by atoms with E-state index in [4.69, 9.17) is 0 Å². The van der Waals surface area contributed by atoms with Crippen molar-refractivity contribution in [2.75, 3.05) is 0 Å². The van der Waals surface area contributed by atoms with Gasteiger partial charge in [-0.2, -0.15) is 0 Å². The molecule has 0 aliphatic heterocycles. The second-order valence-electron chi connectivity index (χ2n) is 8.90. The Labute approximate surface area is 205 Å². The number of hydrogen-bond donors (Lipinski definition) is 1. The van der Waals surface area contributed by atoms with Crippen molar-refractivity contribution >= 4 is 22.6 Å². The van der Waals surface area contributed by atoms with E-state index in [0.717, 1.165) is 10.2 Å². The topological polar surface area (TPSA) is 90.4 Å². The Hall–Kier alpha value is -4.53. The SMILES string of the molecule is CC(C)NC(=O)c1ccc2c(=O)n(Cc3ccccc3)c3nn(Cc4ccccc4F)c(=O)n3c2c1. The molecule has 0 saturated carbocycles. The summed E-state index contributed by atoms with van der Waals surface area (Å²) in [4.78, 5) is 39.8. The molecule has 8 nitrogen and oxygen atoms in total. The lowest BCUT2D eigenvalue weighted by Gasteiger charge is -2.12. The number of rotatable bonds is 6. The van der Waals surface area contributed by atoms with Crippen LogP contribution < -0.4 is 16.6 Å². The molecule has 182 valence electrons. The van der Waals surface area contributed by atoms with Crippen LogP contribution in [-0.4, -0.2) is 30.7 Å². The van der Waals surface area contributed by atoms with Crippen LogP contribution in [0.3, 0.4) is 0 Å². The van der Waals surface area contributed by atoms with Gasteiger partial charge in [-0.1, -0.05) is 48.5 Å². The maximum absolute atomic E-state index is 14.3. The molecule has 0 spiro atoms. The number of hydrogen-bond acceptors (Lipinski definition) is 4. The molecule has 36 heavy (non-hydrogen) atoms. The van der Waals surface area contributed by atoms with E-state index in [2.05, 4.69) is 10.4 Å². The molecule has 3 aromatic carbocycles. The number of nitrogens with one attached hydrogen (secondary N) is 1. The Morgan fingerprint density at radius 1 is 0.972 bits per heavy atom. The number of aromatic nitrogens is 4. The third-order valence-electron chi connectivity index (χ3n) is 5.92. The molecule has 0 aliphatic rings. The van der Waals surface area contributed by atoms with E-state index >= 15 is 0 Å². The maximum atomic E-state index is 14.3. The number of carbonyl (C=O) groups is 1. The Kier molecular flexibility index (Phi) is 5.97. The highest BCUT2D eigenvalue weighted by molar-refractivity contribution is 5.98. The van der Waals surface area contributed by atoms with Crippen LogP contribution in [0.2, 0.25) is 0 Å². The molecule has 0 atom stereocenters. The monoisotopic (exact) mass is 485 g/mol. The van der Waals surface area contributed by atoms with Crippen molar-refractivity contribution < 1.29 is 9.18 Å². The summed E-state index contributed by atoms with van der Waals surface area (Å²) in [5.74, 6) is -0.667. The minimum atomic E-state index is -0.540.